The van der Waals surface area contributed by atoms with Crippen molar-refractivity contribution in [3.05, 3.63) is 175 Å². The summed E-state index contributed by atoms with van der Waals surface area (Å²) in [5, 5.41) is 4.77. The Morgan fingerprint density at radius 2 is 1.00 bits per heavy atom. The van der Waals surface area contributed by atoms with Crippen molar-refractivity contribution in [3.63, 3.8) is 0 Å². The highest BCUT2D eigenvalue weighted by Gasteiger charge is 2.37. The molecule has 3 heteroatoms. The zero-order chi connectivity index (χ0) is 36.1. The number of hydrogen-bond donors (Lipinski definition) is 0. The molecule has 0 unspecified atom stereocenters. The second-order valence-electron chi connectivity index (χ2n) is 14.5. The van der Waals surface area contributed by atoms with Gasteiger partial charge >= 0.3 is 0 Å². The Balaban J connectivity index is 0.00000120. The van der Waals surface area contributed by atoms with Crippen LogP contribution in [0.25, 0.3) is 83.3 Å². The third kappa shape index (κ3) is 5.35. The summed E-state index contributed by atoms with van der Waals surface area (Å²) in [4.78, 5) is 10.7. The molecule has 2 heterocycles. The Morgan fingerprint density at radius 1 is 0.491 bits per heavy atom. The first-order valence-corrected chi connectivity index (χ1v) is 18.7. The molecule has 1 aliphatic carbocycles. The molecule has 0 N–H and O–H groups in total. The Bertz CT molecular complexity index is 2730. The van der Waals surface area contributed by atoms with E-state index in [1.807, 2.05) is 12.1 Å². The second kappa shape index (κ2) is 13.0. The van der Waals surface area contributed by atoms with Gasteiger partial charge in [0.05, 0.1) is 22.4 Å². The standard InChI is InChI=1S/C47H33N3.C3H8/c1-47(2)40-26-12-11-21-34(40)35-22-13-23-36(44(35)47)37-24-14-25-38-39-27-32-19-9-10-20-33(32)28-43(39)50(45(37)38)46-48-41(30-15-5-3-6-16-30)29-42(49-46)31-17-7-4-8-18-31;1-3-2/h3-29H,1-2H3;3H2,1-2H3. The summed E-state index contributed by atoms with van der Waals surface area (Å²) >= 11 is 0. The molecule has 0 saturated heterocycles. The number of rotatable bonds is 4. The van der Waals surface area contributed by atoms with Gasteiger partial charge in [0.15, 0.2) is 0 Å². The molecule has 1 aliphatic rings. The van der Waals surface area contributed by atoms with Crippen molar-refractivity contribution in [2.45, 2.75) is 39.5 Å². The van der Waals surface area contributed by atoms with Gasteiger partial charge in [-0.25, -0.2) is 9.97 Å². The van der Waals surface area contributed by atoms with Crippen LogP contribution in [0.2, 0.25) is 0 Å². The first-order chi connectivity index (χ1) is 26.0. The summed E-state index contributed by atoms with van der Waals surface area (Å²) < 4.78 is 2.32. The molecular formula is C50H41N3. The zero-order valence-corrected chi connectivity index (χ0v) is 30.6. The van der Waals surface area contributed by atoms with E-state index in [2.05, 4.69) is 184 Å². The van der Waals surface area contributed by atoms with Crippen LogP contribution in [-0.2, 0) is 5.41 Å². The van der Waals surface area contributed by atoms with Crippen molar-refractivity contribution in [2.75, 3.05) is 0 Å². The fourth-order valence-electron chi connectivity index (χ4n) is 8.30. The van der Waals surface area contributed by atoms with Crippen LogP contribution in [0.15, 0.2) is 164 Å². The Labute approximate surface area is 311 Å². The van der Waals surface area contributed by atoms with E-state index in [0.717, 1.165) is 33.5 Å². The Kier molecular flexibility index (Phi) is 8.00. The predicted octanol–water partition coefficient (Wildman–Crippen LogP) is 13.5. The van der Waals surface area contributed by atoms with Gasteiger partial charge in [0.2, 0.25) is 5.95 Å². The van der Waals surface area contributed by atoms with Gasteiger partial charge in [0.25, 0.3) is 0 Å². The van der Waals surface area contributed by atoms with E-state index < -0.39 is 0 Å². The van der Waals surface area contributed by atoms with E-state index >= 15 is 0 Å². The smallest absolute Gasteiger partial charge is 0.235 e. The van der Waals surface area contributed by atoms with Crippen LogP contribution in [0.1, 0.15) is 45.2 Å². The van der Waals surface area contributed by atoms with Gasteiger partial charge < -0.3 is 0 Å². The summed E-state index contributed by atoms with van der Waals surface area (Å²) in [6.45, 7) is 8.98. The van der Waals surface area contributed by atoms with Gasteiger partial charge in [-0.1, -0.05) is 180 Å². The zero-order valence-electron chi connectivity index (χ0n) is 30.6. The molecule has 9 aromatic rings. The molecule has 0 spiro atoms. The molecule has 0 saturated carbocycles. The molecular weight excluding hydrogens is 643 g/mol. The minimum absolute atomic E-state index is 0.166. The van der Waals surface area contributed by atoms with E-state index in [0.29, 0.717) is 5.95 Å². The molecule has 0 amide bonds. The molecule has 0 atom stereocenters. The highest BCUT2D eigenvalue weighted by Crippen LogP contribution is 2.53. The van der Waals surface area contributed by atoms with Crippen LogP contribution in [0, 0.1) is 0 Å². The molecule has 0 aliphatic heterocycles. The lowest BCUT2D eigenvalue weighted by Crippen LogP contribution is -2.16. The first kappa shape index (κ1) is 32.6. The third-order valence-electron chi connectivity index (χ3n) is 10.6. The van der Waals surface area contributed by atoms with Crippen LogP contribution in [-0.4, -0.2) is 14.5 Å². The number of benzene rings is 7. The minimum atomic E-state index is -0.166. The van der Waals surface area contributed by atoms with Crippen LogP contribution in [0.3, 0.4) is 0 Å². The topological polar surface area (TPSA) is 30.7 Å². The van der Waals surface area contributed by atoms with Crippen molar-refractivity contribution in [2.24, 2.45) is 0 Å². The maximum absolute atomic E-state index is 5.37. The fraction of sp³-hybridized carbons (Fsp3) is 0.120. The molecule has 3 nitrogen and oxygen atoms in total. The summed E-state index contributed by atoms with van der Waals surface area (Å²) in [5.41, 5.74) is 13.7. The lowest BCUT2D eigenvalue weighted by atomic mass is 9.78. The average Bonchev–Trinajstić information content (AvgIpc) is 3.66. The van der Waals surface area contributed by atoms with Crippen molar-refractivity contribution in [1.82, 2.24) is 14.5 Å². The van der Waals surface area contributed by atoms with Gasteiger partial charge in [-0.2, -0.15) is 0 Å². The van der Waals surface area contributed by atoms with Gasteiger partial charge in [-0.05, 0) is 56.8 Å². The predicted molar refractivity (Wildman–Crippen MR) is 224 cm³/mol. The monoisotopic (exact) mass is 683 g/mol. The Morgan fingerprint density at radius 3 is 1.66 bits per heavy atom. The highest BCUT2D eigenvalue weighted by atomic mass is 15.2. The van der Waals surface area contributed by atoms with Crippen LogP contribution in [0.4, 0.5) is 0 Å². The number of hydrogen-bond acceptors (Lipinski definition) is 2. The fourth-order valence-corrected chi connectivity index (χ4v) is 8.30. The molecule has 2 aromatic heterocycles. The second-order valence-corrected chi connectivity index (χ2v) is 14.5. The van der Waals surface area contributed by atoms with Gasteiger partial charge in [0.1, 0.15) is 0 Å². The lowest BCUT2D eigenvalue weighted by Gasteiger charge is -2.25. The number of para-hydroxylation sites is 1. The van der Waals surface area contributed by atoms with E-state index in [4.69, 9.17) is 9.97 Å². The van der Waals surface area contributed by atoms with Crippen molar-refractivity contribution >= 4 is 32.6 Å². The van der Waals surface area contributed by atoms with Crippen molar-refractivity contribution in [3.8, 4) is 50.7 Å². The molecule has 0 fully saturated rings. The largest absolute Gasteiger partial charge is 0.277 e. The summed E-state index contributed by atoms with van der Waals surface area (Å²) in [7, 11) is 0. The van der Waals surface area contributed by atoms with Crippen LogP contribution >= 0.6 is 0 Å². The first-order valence-electron chi connectivity index (χ1n) is 18.7. The molecule has 0 radical (unpaired) electrons. The SMILES string of the molecule is CC1(C)c2ccccc2-c2cccc(-c3cccc4c5cc6ccccc6cc5n(-c5nc(-c6ccccc6)cc(-c6ccccc6)n5)c34)c21.CCC. The highest BCUT2D eigenvalue weighted by molar-refractivity contribution is 6.17. The van der Waals surface area contributed by atoms with E-state index in [1.165, 1.54) is 61.3 Å². The van der Waals surface area contributed by atoms with Gasteiger partial charge in [-0.3, -0.25) is 4.57 Å². The average molecular weight is 684 g/mol. The number of fused-ring (bicyclic) bond motifs is 7. The summed E-state index contributed by atoms with van der Waals surface area (Å²) in [5.74, 6) is 0.656. The van der Waals surface area contributed by atoms with Gasteiger partial charge in [0, 0.05) is 32.9 Å². The quantitative estimate of drug-likeness (QED) is 0.185. The normalized spacial score (nSPS) is 12.8. The molecule has 0 bridgehead atoms. The van der Waals surface area contributed by atoms with E-state index in [1.54, 1.807) is 0 Å². The minimum Gasteiger partial charge on any atom is -0.277 e. The Hall–Kier alpha value is -6.32. The molecule has 7 aromatic carbocycles. The summed E-state index contributed by atoms with van der Waals surface area (Å²) in [6, 6.07) is 58.7. The maximum Gasteiger partial charge on any atom is 0.235 e. The molecule has 53 heavy (non-hydrogen) atoms. The van der Waals surface area contributed by atoms with Crippen LogP contribution < -0.4 is 0 Å². The van der Waals surface area contributed by atoms with E-state index in [-0.39, 0.29) is 5.41 Å². The maximum atomic E-state index is 5.37. The molecule has 10 rings (SSSR count). The van der Waals surface area contributed by atoms with Crippen molar-refractivity contribution in [1.29, 1.82) is 0 Å². The molecule has 256 valence electrons. The van der Waals surface area contributed by atoms with Crippen LogP contribution in [0.5, 0.6) is 0 Å². The van der Waals surface area contributed by atoms with Gasteiger partial charge in [-0.15, -0.1) is 0 Å². The number of aromatic nitrogens is 3. The summed E-state index contributed by atoms with van der Waals surface area (Å²) in [6.07, 6.45) is 1.25. The van der Waals surface area contributed by atoms with Crippen molar-refractivity contribution < 1.29 is 0 Å². The third-order valence-corrected chi connectivity index (χ3v) is 10.6. The number of nitrogens with zero attached hydrogens (tertiary/aromatic N) is 3. The van der Waals surface area contributed by atoms with E-state index in [9.17, 15) is 0 Å². The lowest BCUT2D eigenvalue weighted by molar-refractivity contribution is 0.662.